The summed E-state index contributed by atoms with van der Waals surface area (Å²) < 4.78 is 38.3. The van der Waals surface area contributed by atoms with Crippen molar-refractivity contribution in [3.63, 3.8) is 0 Å². The summed E-state index contributed by atoms with van der Waals surface area (Å²) in [6, 6.07) is 1.35. The Labute approximate surface area is 119 Å². The molecule has 0 unspecified atom stereocenters. The first-order chi connectivity index (χ1) is 8.84. The van der Waals surface area contributed by atoms with Crippen molar-refractivity contribution in [1.29, 1.82) is 0 Å². The van der Waals surface area contributed by atoms with E-state index < -0.39 is 12.0 Å². The van der Waals surface area contributed by atoms with Gasteiger partial charge in [-0.05, 0) is 28.8 Å². The minimum atomic E-state index is -4.59. The van der Waals surface area contributed by atoms with Crippen LogP contribution in [0.15, 0.2) is 16.2 Å². The highest BCUT2D eigenvalue weighted by Gasteiger charge is 2.35. The van der Waals surface area contributed by atoms with Crippen molar-refractivity contribution in [2.75, 3.05) is 5.73 Å². The molecule has 0 aliphatic carbocycles. The van der Waals surface area contributed by atoms with Gasteiger partial charge in [0, 0.05) is 22.8 Å². The number of alkyl halides is 3. The average Bonchev–Trinajstić information content (AvgIpc) is 2.71. The summed E-state index contributed by atoms with van der Waals surface area (Å²) in [4.78, 5) is 11.6. The molecule has 9 heteroatoms. The molecule has 2 aromatic rings. The Bertz CT molecular complexity index is 584. The minimum absolute atomic E-state index is 0.178. The molecule has 2 aromatic heterocycles. The van der Waals surface area contributed by atoms with Gasteiger partial charge >= 0.3 is 6.18 Å². The van der Waals surface area contributed by atoms with Crippen LogP contribution in [0, 0.1) is 0 Å². The Morgan fingerprint density at radius 3 is 2.58 bits per heavy atom. The van der Waals surface area contributed by atoms with E-state index in [4.69, 9.17) is 5.73 Å². The largest absolute Gasteiger partial charge is 0.451 e. The normalized spacial score (nSPS) is 11.8. The van der Waals surface area contributed by atoms with Crippen LogP contribution in [0.3, 0.4) is 0 Å². The highest BCUT2D eigenvalue weighted by atomic mass is 79.9. The van der Waals surface area contributed by atoms with Gasteiger partial charge in [0.05, 0.1) is 0 Å². The van der Waals surface area contributed by atoms with Crippen molar-refractivity contribution in [2.24, 2.45) is 0 Å². The molecule has 102 valence electrons. The van der Waals surface area contributed by atoms with Gasteiger partial charge in [0.1, 0.15) is 5.82 Å². The summed E-state index contributed by atoms with van der Waals surface area (Å²) in [7, 11) is 0. The maximum Gasteiger partial charge on any atom is 0.451 e. The third-order valence-corrected chi connectivity index (χ3v) is 3.74. The maximum absolute atomic E-state index is 12.5. The third-order valence-electron chi connectivity index (χ3n) is 2.21. The summed E-state index contributed by atoms with van der Waals surface area (Å²) >= 11 is 4.65. The summed E-state index contributed by atoms with van der Waals surface area (Å²) in [5.41, 5.74) is 5.63. The molecule has 0 aliphatic rings. The summed E-state index contributed by atoms with van der Waals surface area (Å²) in [6.45, 7) is 0. The molecule has 0 fully saturated rings. The lowest BCUT2D eigenvalue weighted by Gasteiger charge is -2.07. The van der Waals surface area contributed by atoms with Crippen LogP contribution in [-0.2, 0) is 19.0 Å². The van der Waals surface area contributed by atoms with E-state index in [0.29, 0.717) is 12.8 Å². The predicted octanol–water partition coefficient (Wildman–Crippen LogP) is 3.08. The van der Waals surface area contributed by atoms with Crippen molar-refractivity contribution in [3.05, 3.63) is 32.6 Å². The second kappa shape index (κ2) is 5.41. The van der Waals surface area contributed by atoms with Gasteiger partial charge in [0.25, 0.3) is 0 Å². The van der Waals surface area contributed by atoms with Crippen LogP contribution >= 0.6 is 27.3 Å². The fraction of sp³-hybridized carbons (Fsp3) is 0.300. The van der Waals surface area contributed by atoms with Crippen molar-refractivity contribution in [1.82, 2.24) is 15.0 Å². The first-order valence-electron chi connectivity index (χ1n) is 5.15. The standard InChI is InChI=1S/C10H8BrF3N4S/c11-9-16-4-6(19-9)2-1-5-3-7(15)18-8(17-5)10(12,13)14/h3-4H,1-2H2,(H2,15,17,18). The molecular formula is C10H8BrF3N4S. The van der Waals surface area contributed by atoms with E-state index >= 15 is 0 Å². The lowest BCUT2D eigenvalue weighted by molar-refractivity contribution is -0.145. The number of nitrogen functional groups attached to an aromatic ring is 1. The van der Waals surface area contributed by atoms with E-state index in [-0.39, 0.29) is 11.5 Å². The van der Waals surface area contributed by atoms with Gasteiger partial charge in [-0.1, -0.05) is 0 Å². The molecule has 19 heavy (non-hydrogen) atoms. The van der Waals surface area contributed by atoms with E-state index in [1.165, 1.54) is 17.4 Å². The summed E-state index contributed by atoms with van der Waals surface area (Å²) in [6.07, 6.45) is -2.01. The van der Waals surface area contributed by atoms with E-state index in [0.717, 1.165) is 8.79 Å². The number of aryl methyl sites for hydroxylation is 2. The van der Waals surface area contributed by atoms with Crippen molar-refractivity contribution >= 4 is 33.1 Å². The molecule has 0 radical (unpaired) electrons. The number of thiazole rings is 1. The molecule has 4 nitrogen and oxygen atoms in total. The Morgan fingerprint density at radius 2 is 2.00 bits per heavy atom. The first-order valence-corrected chi connectivity index (χ1v) is 6.76. The van der Waals surface area contributed by atoms with Gasteiger partial charge in [-0.25, -0.2) is 15.0 Å². The zero-order valence-electron chi connectivity index (χ0n) is 9.41. The topological polar surface area (TPSA) is 64.7 Å². The number of hydrogen-bond donors (Lipinski definition) is 1. The fourth-order valence-corrected chi connectivity index (χ4v) is 2.78. The molecule has 0 atom stereocenters. The minimum Gasteiger partial charge on any atom is -0.384 e. The highest BCUT2D eigenvalue weighted by molar-refractivity contribution is 9.11. The SMILES string of the molecule is Nc1cc(CCc2cnc(Br)s2)nc(C(F)(F)F)n1. The lowest BCUT2D eigenvalue weighted by atomic mass is 10.2. The van der Waals surface area contributed by atoms with E-state index in [2.05, 4.69) is 30.9 Å². The van der Waals surface area contributed by atoms with Crippen LogP contribution in [0.2, 0.25) is 0 Å². The molecule has 0 spiro atoms. The number of rotatable bonds is 3. The second-order valence-electron chi connectivity index (χ2n) is 3.69. The molecular weight excluding hydrogens is 345 g/mol. The van der Waals surface area contributed by atoms with Gasteiger partial charge < -0.3 is 5.73 Å². The molecule has 0 saturated heterocycles. The lowest BCUT2D eigenvalue weighted by Crippen LogP contribution is -2.14. The van der Waals surface area contributed by atoms with E-state index in [1.54, 1.807) is 6.20 Å². The molecule has 0 saturated carbocycles. The Hall–Kier alpha value is -1.22. The van der Waals surface area contributed by atoms with Crippen LogP contribution in [0.4, 0.5) is 19.0 Å². The van der Waals surface area contributed by atoms with Gasteiger partial charge in [-0.15, -0.1) is 11.3 Å². The number of aromatic nitrogens is 3. The molecule has 0 aliphatic heterocycles. The summed E-state index contributed by atoms with van der Waals surface area (Å²) in [5, 5.41) is 0. The van der Waals surface area contributed by atoms with Crippen LogP contribution in [0.25, 0.3) is 0 Å². The monoisotopic (exact) mass is 352 g/mol. The van der Waals surface area contributed by atoms with Crippen LogP contribution < -0.4 is 5.73 Å². The van der Waals surface area contributed by atoms with E-state index in [9.17, 15) is 13.2 Å². The van der Waals surface area contributed by atoms with Gasteiger partial charge in [0.15, 0.2) is 3.92 Å². The Balaban J connectivity index is 2.14. The maximum atomic E-state index is 12.5. The number of anilines is 1. The molecule has 0 aromatic carbocycles. The second-order valence-corrected chi connectivity index (χ2v) is 6.08. The van der Waals surface area contributed by atoms with Crippen molar-refractivity contribution < 1.29 is 13.2 Å². The number of halogens is 4. The van der Waals surface area contributed by atoms with Gasteiger partial charge in [-0.3, -0.25) is 0 Å². The zero-order chi connectivity index (χ0) is 14.0. The van der Waals surface area contributed by atoms with Crippen LogP contribution in [0.5, 0.6) is 0 Å². The Kier molecular flexibility index (Phi) is 4.04. The van der Waals surface area contributed by atoms with Gasteiger partial charge in [-0.2, -0.15) is 13.2 Å². The number of hydrogen-bond acceptors (Lipinski definition) is 5. The highest BCUT2D eigenvalue weighted by Crippen LogP contribution is 2.27. The van der Waals surface area contributed by atoms with Crippen molar-refractivity contribution in [3.8, 4) is 0 Å². The smallest absolute Gasteiger partial charge is 0.384 e. The van der Waals surface area contributed by atoms with Crippen LogP contribution in [0.1, 0.15) is 16.4 Å². The van der Waals surface area contributed by atoms with Crippen molar-refractivity contribution in [2.45, 2.75) is 19.0 Å². The molecule has 2 heterocycles. The zero-order valence-corrected chi connectivity index (χ0v) is 11.8. The third kappa shape index (κ3) is 3.87. The average molecular weight is 353 g/mol. The molecule has 2 N–H and O–H groups in total. The molecule has 2 rings (SSSR count). The first kappa shape index (κ1) is 14.2. The van der Waals surface area contributed by atoms with Gasteiger partial charge in [0.2, 0.25) is 5.82 Å². The molecule has 0 amide bonds. The predicted molar refractivity (Wildman–Crippen MR) is 68.7 cm³/mol. The molecule has 0 bridgehead atoms. The summed E-state index contributed by atoms with van der Waals surface area (Å²) in [5.74, 6) is -1.38. The van der Waals surface area contributed by atoms with E-state index in [1.807, 2.05) is 0 Å². The Morgan fingerprint density at radius 1 is 1.26 bits per heavy atom. The number of nitrogens with zero attached hydrogens (tertiary/aromatic N) is 3. The quantitative estimate of drug-likeness (QED) is 0.921. The van der Waals surface area contributed by atoms with Crippen LogP contribution in [-0.4, -0.2) is 15.0 Å². The fourth-order valence-electron chi connectivity index (χ4n) is 1.42. The number of nitrogens with two attached hydrogens (primary N) is 1.